The smallest absolute Gasteiger partial charge is 0.258 e. The van der Waals surface area contributed by atoms with Crippen LogP contribution in [-0.4, -0.2) is 42.7 Å². The molecular formula is C21H26N6O. The van der Waals surface area contributed by atoms with Gasteiger partial charge in [-0.05, 0) is 44.4 Å². The Bertz CT molecular complexity index is 1040. The topological polar surface area (TPSA) is 79.7 Å². The van der Waals surface area contributed by atoms with Crippen molar-refractivity contribution in [3.63, 3.8) is 0 Å². The summed E-state index contributed by atoms with van der Waals surface area (Å²) in [6, 6.07) is 7.51. The number of aromatic amines is 1. The van der Waals surface area contributed by atoms with Crippen molar-refractivity contribution in [1.29, 1.82) is 0 Å². The molecule has 2 aromatic heterocycles. The van der Waals surface area contributed by atoms with E-state index in [2.05, 4.69) is 29.6 Å². The second kappa shape index (κ2) is 7.47. The van der Waals surface area contributed by atoms with Crippen LogP contribution < -0.4 is 5.56 Å². The number of piperidine rings is 1. The zero-order valence-corrected chi connectivity index (χ0v) is 16.1. The van der Waals surface area contributed by atoms with E-state index in [9.17, 15) is 4.79 Å². The monoisotopic (exact) mass is 378 g/mol. The van der Waals surface area contributed by atoms with Gasteiger partial charge in [0.25, 0.3) is 5.56 Å². The van der Waals surface area contributed by atoms with Crippen molar-refractivity contribution < 1.29 is 0 Å². The Labute approximate surface area is 163 Å². The fourth-order valence-corrected chi connectivity index (χ4v) is 4.64. The van der Waals surface area contributed by atoms with E-state index in [1.165, 1.54) is 19.3 Å². The number of para-hydroxylation sites is 1. The van der Waals surface area contributed by atoms with Gasteiger partial charge >= 0.3 is 0 Å². The molecular weight excluding hydrogens is 352 g/mol. The highest BCUT2D eigenvalue weighted by Crippen LogP contribution is 2.28. The lowest BCUT2D eigenvalue weighted by atomic mass is 9.97. The third kappa shape index (κ3) is 3.35. The van der Waals surface area contributed by atoms with E-state index >= 15 is 0 Å². The number of hydrogen-bond donors (Lipinski definition) is 1. The average molecular weight is 378 g/mol. The number of fused-ring (bicyclic) bond motifs is 2. The van der Waals surface area contributed by atoms with Crippen LogP contribution in [0.1, 0.15) is 55.5 Å². The quantitative estimate of drug-likeness (QED) is 0.758. The molecule has 1 unspecified atom stereocenters. The summed E-state index contributed by atoms with van der Waals surface area (Å²) in [4.78, 5) is 22.4. The average Bonchev–Trinajstić information content (AvgIpc) is 2.97. The van der Waals surface area contributed by atoms with E-state index in [0.29, 0.717) is 17.8 Å². The summed E-state index contributed by atoms with van der Waals surface area (Å²) < 4.78 is 2.37. The van der Waals surface area contributed by atoms with Crippen molar-refractivity contribution >= 4 is 10.9 Å². The highest BCUT2D eigenvalue weighted by atomic mass is 16.1. The van der Waals surface area contributed by atoms with Crippen molar-refractivity contribution in [3.05, 3.63) is 52.1 Å². The molecule has 0 amide bonds. The van der Waals surface area contributed by atoms with Gasteiger partial charge in [-0.15, -0.1) is 10.2 Å². The number of aromatic nitrogens is 5. The number of likely N-dealkylation sites (tertiary alicyclic amines) is 1. The molecule has 146 valence electrons. The number of H-pyrrole nitrogens is 1. The maximum absolute atomic E-state index is 12.3. The second-order valence-electron chi connectivity index (χ2n) is 8.04. The molecule has 0 radical (unpaired) electrons. The highest BCUT2D eigenvalue weighted by molar-refractivity contribution is 5.77. The lowest BCUT2D eigenvalue weighted by molar-refractivity contribution is 0.190. The summed E-state index contributed by atoms with van der Waals surface area (Å²) in [5, 5.41) is 9.70. The predicted molar refractivity (Wildman–Crippen MR) is 107 cm³/mol. The minimum absolute atomic E-state index is 0.0584. The molecule has 1 N–H and O–H groups in total. The zero-order chi connectivity index (χ0) is 18.9. The first kappa shape index (κ1) is 17.6. The summed E-state index contributed by atoms with van der Waals surface area (Å²) in [5.41, 5.74) is 0.703. The molecule has 1 atom stereocenters. The van der Waals surface area contributed by atoms with Gasteiger partial charge in [-0.25, -0.2) is 4.98 Å². The van der Waals surface area contributed by atoms with Crippen molar-refractivity contribution in [2.75, 3.05) is 13.1 Å². The minimum atomic E-state index is -0.0584. The van der Waals surface area contributed by atoms with Gasteiger partial charge in [0.1, 0.15) is 17.5 Å². The van der Waals surface area contributed by atoms with Crippen molar-refractivity contribution in [3.8, 4) is 0 Å². The number of aryl methyl sites for hydroxylation is 1. The van der Waals surface area contributed by atoms with Crippen LogP contribution >= 0.6 is 0 Å². The van der Waals surface area contributed by atoms with E-state index in [1.54, 1.807) is 0 Å². The lowest BCUT2D eigenvalue weighted by Crippen LogP contribution is -2.36. The van der Waals surface area contributed by atoms with Crippen LogP contribution in [0.4, 0.5) is 0 Å². The largest absolute Gasteiger partial charge is 0.315 e. The SMILES string of the molecule is O=c1[nH]c(CN2CCCC(c3nnc4n3CCCCC4)C2)nc2ccccc12. The third-order valence-corrected chi connectivity index (χ3v) is 6.04. The van der Waals surface area contributed by atoms with Crippen molar-refractivity contribution in [2.24, 2.45) is 0 Å². The van der Waals surface area contributed by atoms with Crippen LogP contribution in [0, 0.1) is 0 Å². The number of hydrogen-bond acceptors (Lipinski definition) is 5. The molecule has 0 aliphatic carbocycles. The Kier molecular flexibility index (Phi) is 4.68. The molecule has 2 aliphatic rings. The minimum Gasteiger partial charge on any atom is -0.315 e. The van der Waals surface area contributed by atoms with Crippen LogP contribution in [0.3, 0.4) is 0 Å². The Balaban J connectivity index is 1.35. The first-order chi connectivity index (χ1) is 13.8. The van der Waals surface area contributed by atoms with Crippen LogP contribution in [0.2, 0.25) is 0 Å². The Hall–Kier alpha value is -2.54. The Morgan fingerprint density at radius 2 is 2.00 bits per heavy atom. The van der Waals surface area contributed by atoms with Crippen LogP contribution in [0.5, 0.6) is 0 Å². The summed E-state index contributed by atoms with van der Waals surface area (Å²) in [5.74, 6) is 3.46. The highest BCUT2D eigenvalue weighted by Gasteiger charge is 2.27. The van der Waals surface area contributed by atoms with Gasteiger partial charge in [0.2, 0.25) is 0 Å². The van der Waals surface area contributed by atoms with Crippen LogP contribution in [-0.2, 0) is 19.5 Å². The normalized spacial score (nSPS) is 20.8. The molecule has 2 aliphatic heterocycles. The van der Waals surface area contributed by atoms with Gasteiger partial charge in [0.05, 0.1) is 17.4 Å². The Morgan fingerprint density at radius 3 is 2.96 bits per heavy atom. The van der Waals surface area contributed by atoms with Gasteiger partial charge in [-0.1, -0.05) is 18.6 Å². The second-order valence-corrected chi connectivity index (χ2v) is 8.04. The Morgan fingerprint density at radius 1 is 1.07 bits per heavy atom. The molecule has 3 aromatic rings. The third-order valence-electron chi connectivity index (χ3n) is 6.04. The summed E-state index contributed by atoms with van der Waals surface area (Å²) in [7, 11) is 0. The first-order valence-corrected chi connectivity index (χ1v) is 10.4. The van der Waals surface area contributed by atoms with E-state index < -0.39 is 0 Å². The zero-order valence-electron chi connectivity index (χ0n) is 16.1. The van der Waals surface area contributed by atoms with Crippen LogP contribution in [0.15, 0.2) is 29.1 Å². The van der Waals surface area contributed by atoms with Gasteiger partial charge in [0.15, 0.2) is 0 Å². The first-order valence-electron chi connectivity index (χ1n) is 10.4. The molecule has 1 saturated heterocycles. The fourth-order valence-electron chi connectivity index (χ4n) is 4.64. The molecule has 4 heterocycles. The number of nitrogens with zero attached hydrogens (tertiary/aromatic N) is 5. The summed E-state index contributed by atoms with van der Waals surface area (Å²) >= 11 is 0. The molecule has 7 nitrogen and oxygen atoms in total. The number of benzene rings is 1. The molecule has 5 rings (SSSR count). The summed E-state index contributed by atoms with van der Waals surface area (Å²) in [6.07, 6.45) is 7.04. The maximum Gasteiger partial charge on any atom is 0.258 e. The van der Waals surface area contributed by atoms with Gasteiger partial charge in [-0.3, -0.25) is 9.69 Å². The van der Waals surface area contributed by atoms with Crippen molar-refractivity contribution in [1.82, 2.24) is 29.6 Å². The molecule has 28 heavy (non-hydrogen) atoms. The number of rotatable bonds is 3. The van der Waals surface area contributed by atoms with E-state index in [0.717, 1.165) is 61.9 Å². The van der Waals surface area contributed by atoms with Gasteiger partial charge < -0.3 is 9.55 Å². The van der Waals surface area contributed by atoms with Gasteiger partial charge in [-0.2, -0.15) is 0 Å². The lowest BCUT2D eigenvalue weighted by Gasteiger charge is -2.32. The van der Waals surface area contributed by atoms with Crippen LogP contribution in [0.25, 0.3) is 10.9 Å². The molecule has 1 aromatic carbocycles. The number of nitrogens with one attached hydrogen (secondary N) is 1. The molecule has 0 spiro atoms. The predicted octanol–water partition coefficient (Wildman–Crippen LogP) is 2.62. The van der Waals surface area contributed by atoms with Crippen molar-refractivity contribution in [2.45, 2.75) is 57.5 Å². The van der Waals surface area contributed by atoms with E-state index in [-0.39, 0.29) is 5.56 Å². The van der Waals surface area contributed by atoms with E-state index in [1.807, 2.05) is 24.3 Å². The molecule has 1 fully saturated rings. The maximum atomic E-state index is 12.3. The molecule has 7 heteroatoms. The standard InChI is InChI=1S/C21H26N6O/c28-21-16-8-3-4-9-17(16)22-18(23-21)14-26-11-6-7-15(13-26)20-25-24-19-10-2-1-5-12-27(19)20/h3-4,8-9,15H,1-2,5-7,10-14H2,(H,22,23,28). The summed E-state index contributed by atoms with van der Waals surface area (Å²) in [6.45, 7) is 3.67. The fraction of sp³-hybridized carbons (Fsp3) is 0.524. The molecule has 0 bridgehead atoms. The van der Waals surface area contributed by atoms with Gasteiger partial charge in [0, 0.05) is 25.4 Å². The molecule has 0 saturated carbocycles. The van der Waals surface area contributed by atoms with E-state index in [4.69, 9.17) is 0 Å².